The number of aldehydes is 1. The van der Waals surface area contributed by atoms with Gasteiger partial charge in [-0.05, 0) is 6.04 Å². The minimum absolute atomic E-state index is 0.304. The van der Waals surface area contributed by atoms with Gasteiger partial charge in [0.15, 0.2) is 12.1 Å². The van der Waals surface area contributed by atoms with E-state index in [-0.39, 0.29) is 0 Å². The summed E-state index contributed by atoms with van der Waals surface area (Å²) in [6, 6.07) is 1.11. The largest absolute Gasteiger partial charge is 0.359 e. The molecular weight excluding hydrogens is 210 g/mol. The molecule has 1 aromatic heterocycles. The molecule has 0 atom stereocenters. The molecule has 0 amide bonds. The Bertz CT molecular complexity index is 319. The van der Waals surface area contributed by atoms with Crippen molar-refractivity contribution in [3.63, 3.8) is 0 Å². The van der Waals surface area contributed by atoms with Crippen LogP contribution in [-0.4, -0.2) is 35.7 Å². The fourth-order valence-electron chi connectivity index (χ4n) is 0.993. The highest BCUT2D eigenvalue weighted by molar-refractivity contribution is 6.76. The van der Waals surface area contributed by atoms with Crippen LogP contribution >= 0.6 is 0 Å². The van der Waals surface area contributed by atoms with Gasteiger partial charge in [0, 0.05) is 14.7 Å². The van der Waals surface area contributed by atoms with Gasteiger partial charge in [-0.25, -0.2) is 9.67 Å². The van der Waals surface area contributed by atoms with Gasteiger partial charge in [-0.1, -0.05) is 19.6 Å². The second-order valence-corrected chi connectivity index (χ2v) is 10.2. The first-order chi connectivity index (χ1) is 7.03. The summed E-state index contributed by atoms with van der Waals surface area (Å²) >= 11 is 0. The molecule has 0 aromatic carbocycles. The van der Waals surface area contributed by atoms with Gasteiger partial charge in [-0.15, -0.1) is 0 Å². The topological polar surface area (TPSA) is 57.0 Å². The zero-order valence-electron chi connectivity index (χ0n) is 9.43. The van der Waals surface area contributed by atoms with Crippen molar-refractivity contribution in [1.29, 1.82) is 0 Å². The Morgan fingerprint density at radius 3 is 2.87 bits per heavy atom. The van der Waals surface area contributed by atoms with E-state index in [4.69, 9.17) is 4.74 Å². The first-order valence-electron chi connectivity index (χ1n) is 4.94. The third kappa shape index (κ3) is 4.35. The maximum absolute atomic E-state index is 10.5. The van der Waals surface area contributed by atoms with E-state index in [1.807, 2.05) is 0 Å². The van der Waals surface area contributed by atoms with Gasteiger partial charge < -0.3 is 4.74 Å². The zero-order chi connectivity index (χ0) is 11.3. The van der Waals surface area contributed by atoms with Crippen molar-refractivity contribution in [3.8, 4) is 0 Å². The molecule has 0 fully saturated rings. The molecule has 1 rings (SSSR count). The van der Waals surface area contributed by atoms with Crippen molar-refractivity contribution in [1.82, 2.24) is 14.8 Å². The summed E-state index contributed by atoms with van der Waals surface area (Å²) in [6.07, 6.45) is 2.03. The van der Waals surface area contributed by atoms with Crippen molar-refractivity contribution >= 4 is 14.4 Å². The average Bonchev–Trinajstić information content (AvgIpc) is 2.58. The molecule has 0 aliphatic rings. The lowest BCUT2D eigenvalue weighted by Gasteiger charge is -2.15. The van der Waals surface area contributed by atoms with Crippen LogP contribution in [0.15, 0.2) is 6.33 Å². The fourth-order valence-corrected chi connectivity index (χ4v) is 1.75. The highest BCUT2D eigenvalue weighted by atomic mass is 28.3. The summed E-state index contributed by atoms with van der Waals surface area (Å²) in [6.45, 7) is 7.90. The molecule has 0 radical (unpaired) electrons. The smallest absolute Gasteiger partial charge is 0.193 e. The Morgan fingerprint density at radius 1 is 1.53 bits per heavy atom. The summed E-state index contributed by atoms with van der Waals surface area (Å²) in [7, 11) is -1.04. The Hall–Kier alpha value is -1.01. The molecule has 15 heavy (non-hydrogen) atoms. The molecule has 0 aliphatic heterocycles. The number of aromatic nitrogens is 3. The highest BCUT2D eigenvalue weighted by Gasteiger charge is 2.12. The van der Waals surface area contributed by atoms with Crippen molar-refractivity contribution in [2.75, 3.05) is 6.61 Å². The fraction of sp³-hybridized carbons (Fsp3) is 0.667. The standard InChI is InChI=1S/C9H17N3O2Si/c1-15(2,3)5-4-14-8-12-9(6-13)10-7-11-12/h6-7H,4-5,8H2,1-3H3. The van der Waals surface area contributed by atoms with Gasteiger partial charge in [0.1, 0.15) is 13.1 Å². The average molecular weight is 227 g/mol. The maximum Gasteiger partial charge on any atom is 0.193 e. The van der Waals surface area contributed by atoms with Crippen molar-refractivity contribution < 1.29 is 9.53 Å². The predicted octanol–water partition coefficient (Wildman–Crippen LogP) is 1.40. The van der Waals surface area contributed by atoms with E-state index in [1.165, 1.54) is 11.0 Å². The van der Waals surface area contributed by atoms with E-state index >= 15 is 0 Å². The Balaban J connectivity index is 2.29. The molecule has 0 aliphatic carbocycles. The first kappa shape index (κ1) is 12.1. The zero-order valence-corrected chi connectivity index (χ0v) is 10.4. The molecule has 0 unspecified atom stereocenters. The lowest BCUT2D eigenvalue weighted by atomic mass is 10.7. The summed E-state index contributed by atoms with van der Waals surface area (Å²) in [5.74, 6) is 0.308. The Labute approximate surface area is 90.5 Å². The minimum Gasteiger partial charge on any atom is -0.359 e. The first-order valence-corrected chi connectivity index (χ1v) is 8.64. The van der Waals surface area contributed by atoms with Gasteiger partial charge in [-0.3, -0.25) is 4.79 Å². The third-order valence-corrected chi connectivity index (χ3v) is 3.66. The number of nitrogens with zero attached hydrogens (tertiary/aromatic N) is 3. The highest BCUT2D eigenvalue weighted by Crippen LogP contribution is 2.07. The molecule has 0 bridgehead atoms. The molecule has 1 heterocycles. The summed E-state index contributed by atoms with van der Waals surface area (Å²) < 4.78 is 6.89. The van der Waals surface area contributed by atoms with Gasteiger partial charge >= 0.3 is 0 Å². The molecule has 0 saturated heterocycles. The lowest BCUT2D eigenvalue weighted by molar-refractivity contribution is 0.0749. The monoisotopic (exact) mass is 227 g/mol. The van der Waals surface area contributed by atoms with Gasteiger partial charge in [-0.2, -0.15) is 5.10 Å². The molecule has 0 saturated carbocycles. The number of hydrogen-bond acceptors (Lipinski definition) is 4. The van der Waals surface area contributed by atoms with E-state index in [9.17, 15) is 4.79 Å². The molecule has 6 heteroatoms. The molecule has 0 spiro atoms. The summed E-state index contributed by atoms with van der Waals surface area (Å²) in [5.41, 5.74) is 0. The minimum atomic E-state index is -1.04. The summed E-state index contributed by atoms with van der Waals surface area (Å²) in [4.78, 5) is 14.3. The number of rotatable bonds is 6. The van der Waals surface area contributed by atoms with Crippen molar-refractivity contribution in [2.24, 2.45) is 0 Å². The normalized spacial score (nSPS) is 11.7. The van der Waals surface area contributed by atoms with E-state index in [1.54, 1.807) is 0 Å². The number of hydrogen-bond donors (Lipinski definition) is 0. The second kappa shape index (κ2) is 5.18. The number of ether oxygens (including phenoxy) is 1. The van der Waals surface area contributed by atoms with E-state index in [2.05, 4.69) is 29.7 Å². The SMILES string of the molecule is C[Si](C)(C)CCOCn1ncnc1C=O. The van der Waals surface area contributed by atoms with Crippen molar-refractivity contribution in [3.05, 3.63) is 12.2 Å². The van der Waals surface area contributed by atoms with E-state index in [0.29, 0.717) is 25.4 Å². The second-order valence-electron chi connectivity index (χ2n) is 4.58. The van der Waals surface area contributed by atoms with E-state index in [0.717, 1.165) is 6.04 Å². The summed E-state index contributed by atoms with van der Waals surface area (Å²) in [5, 5.41) is 3.88. The van der Waals surface area contributed by atoms with Crippen LogP contribution in [0.25, 0.3) is 0 Å². The van der Waals surface area contributed by atoms with Gasteiger partial charge in [0.2, 0.25) is 0 Å². The van der Waals surface area contributed by atoms with Crippen LogP contribution in [0.2, 0.25) is 25.7 Å². The number of carbonyl (C=O) groups excluding carboxylic acids is 1. The van der Waals surface area contributed by atoms with Gasteiger partial charge in [0.05, 0.1) is 0 Å². The van der Waals surface area contributed by atoms with Crippen LogP contribution in [0.5, 0.6) is 0 Å². The Kier molecular flexibility index (Phi) is 4.16. The predicted molar refractivity (Wildman–Crippen MR) is 59.5 cm³/mol. The third-order valence-electron chi connectivity index (χ3n) is 1.96. The molecular formula is C9H17N3O2Si. The molecule has 5 nitrogen and oxygen atoms in total. The van der Waals surface area contributed by atoms with Crippen LogP contribution < -0.4 is 0 Å². The van der Waals surface area contributed by atoms with Gasteiger partial charge in [0.25, 0.3) is 0 Å². The van der Waals surface area contributed by atoms with Crippen LogP contribution in [-0.2, 0) is 11.5 Å². The molecule has 1 aromatic rings. The van der Waals surface area contributed by atoms with Crippen LogP contribution in [0.4, 0.5) is 0 Å². The Morgan fingerprint density at radius 2 is 2.27 bits per heavy atom. The maximum atomic E-state index is 10.5. The molecule has 0 N–H and O–H groups in total. The lowest BCUT2D eigenvalue weighted by Crippen LogP contribution is -2.22. The van der Waals surface area contributed by atoms with Crippen molar-refractivity contribution in [2.45, 2.75) is 32.4 Å². The van der Waals surface area contributed by atoms with Crippen LogP contribution in [0, 0.1) is 0 Å². The van der Waals surface area contributed by atoms with Crippen LogP contribution in [0.3, 0.4) is 0 Å². The van der Waals surface area contributed by atoms with Crippen LogP contribution in [0.1, 0.15) is 10.6 Å². The quantitative estimate of drug-likeness (QED) is 0.419. The number of carbonyl (C=O) groups is 1. The molecule has 84 valence electrons. The van der Waals surface area contributed by atoms with E-state index < -0.39 is 8.07 Å².